The van der Waals surface area contributed by atoms with E-state index in [9.17, 15) is 9.18 Å². The molecule has 1 fully saturated rings. The number of halogens is 3. The van der Waals surface area contributed by atoms with Gasteiger partial charge in [-0.3, -0.25) is 0 Å². The van der Waals surface area contributed by atoms with Crippen molar-refractivity contribution in [3.63, 3.8) is 0 Å². The molecule has 2 nitrogen and oxygen atoms in total. The summed E-state index contributed by atoms with van der Waals surface area (Å²) in [6.07, 6.45) is 3.70. The number of nitrogens with zero attached hydrogens (tertiary/aromatic N) is 1. The van der Waals surface area contributed by atoms with E-state index in [-0.39, 0.29) is 0 Å². The molecule has 16 heavy (non-hydrogen) atoms. The smallest absolute Gasteiger partial charge is 0.211 e. The number of benzene rings is 1. The van der Waals surface area contributed by atoms with E-state index in [1.54, 1.807) is 6.07 Å². The standard InChI is InChI=1S/C11H8BrClFNO/c12-7-2-3-8(13)9(10(7)14)11(15-6-16)4-1-5-11/h2-3H,1,4-5H2. The summed E-state index contributed by atoms with van der Waals surface area (Å²) in [5.41, 5.74) is -0.495. The Bertz CT molecular complexity index is 481. The minimum atomic E-state index is -0.799. The Morgan fingerprint density at radius 2 is 2.19 bits per heavy atom. The lowest BCUT2D eigenvalue weighted by molar-refractivity contribution is 0.247. The van der Waals surface area contributed by atoms with Crippen molar-refractivity contribution < 1.29 is 9.18 Å². The molecule has 0 radical (unpaired) electrons. The van der Waals surface area contributed by atoms with Crippen LogP contribution in [0, 0.1) is 5.82 Å². The van der Waals surface area contributed by atoms with Crippen LogP contribution in [0.3, 0.4) is 0 Å². The van der Waals surface area contributed by atoms with E-state index in [0.717, 1.165) is 6.42 Å². The maximum Gasteiger partial charge on any atom is 0.235 e. The Hall–Kier alpha value is -0.700. The summed E-state index contributed by atoms with van der Waals surface area (Å²) in [7, 11) is 0. The molecule has 1 saturated carbocycles. The highest BCUT2D eigenvalue weighted by Gasteiger charge is 2.42. The van der Waals surface area contributed by atoms with Gasteiger partial charge in [-0.2, -0.15) is 4.99 Å². The second-order valence-corrected chi connectivity index (χ2v) is 5.07. The minimum Gasteiger partial charge on any atom is -0.211 e. The largest absolute Gasteiger partial charge is 0.235 e. The van der Waals surface area contributed by atoms with Gasteiger partial charge in [-0.05, 0) is 47.3 Å². The van der Waals surface area contributed by atoms with E-state index >= 15 is 0 Å². The highest BCUT2D eigenvalue weighted by Crippen LogP contribution is 2.49. The van der Waals surface area contributed by atoms with E-state index in [1.165, 1.54) is 12.1 Å². The van der Waals surface area contributed by atoms with Crippen molar-refractivity contribution in [2.24, 2.45) is 4.99 Å². The molecule has 0 amide bonds. The monoisotopic (exact) mass is 303 g/mol. The second-order valence-electron chi connectivity index (χ2n) is 3.81. The summed E-state index contributed by atoms with van der Waals surface area (Å²) in [5.74, 6) is -0.439. The summed E-state index contributed by atoms with van der Waals surface area (Å²) in [5, 5.41) is 0.305. The predicted octanol–water partition coefficient (Wildman–Crippen LogP) is 3.96. The van der Waals surface area contributed by atoms with E-state index in [2.05, 4.69) is 20.9 Å². The lowest BCUT2D eigenvalue weighted by Gasteiger charge is -2.37. The maximum atomic E-state index is 14.0. The fourth-order valence-corrected chi connectivity index (χ4v) is 2.62. The first-order valence-corrected chi connectivity index (χ1v) is 6.01. The fourth-order valence-electron chi connectivity index (χ4n) is 1.97. The number of hydrogen-bond donors (Lipinski definition) is 0. The van der Waals surface area contributed by atoms with E-state index in [0.29, 0.717) is 27.9 Å². The topological polar surface area (TPSA) is 29.4 Å². The van der Waals surface area contributed by atoms with Crippen LogP contribution >= 0.6 is 27.5 Å². The molecule has 2 rings (SSSR count). The van der Waals surface area contributed by atoms with Gasteiger partial charge in [0.25, 0.3) is 0 Å². The first-order chi connectivity index (χ1) is 7.60. The summed E-state index contributed by atoms with van der Waals surface area (Å²) in [6.45, 7) is 0. The first-order valence-electron chi connectivity index (χ1n) is 4.84. The van der Waals surface area contributed by atoms with Crippen LogP contribution in [0.2, 0.25) is 5.02 Å². The van der Waals surface area contributed by atoms with Crippen molar-refractivity contribution in [2.45, 2.75) is 24.8 Å². The molecule has 0 aromatic heterocycles. The minimum absolute atomic E-state index is 0.304. The number of hydrogen-bond acceptors (Lipinski definition) is 2. The molecular weight excluding hydrogens is 296 g/mol. The molecule has 5 heteroatoms. The van der Waals surface area contributed by atoms with Gasteiger partial charge in [-0.1, -0.05) is 11.6 Å². The molecular formula is C11H8BrClFNO. The van der Waals surface area contributed by atoms with Crippen LogP contribution in [-0.2, 0) is 10.3 Å². The Kier molecular flexibility index (Phi) is 3.15. The van der Waals surface area contributed by atoms with Crippen LogP contribution in [0.4, 0.5) is 4.39 Å². The van der Waals surface area contributed by atoms with E-state index in [4.69, 9.17) is 11.6 Å². The molecule has 0 saturated heterocycles. The van der Waals surface area contributed by atoms with Crippen molar-refractivity contribution >= 4 is 33.6 Å². The van der Waals surface area contributed by atoms with Gasteiger partial charge in [0, 0.05) is 10.6 Å². The third-order valence-corrected chi connectivity index (χ3v) is 3.88. The van der Waals surface area contributed by atoms with E-state index in [1.807, 2.05) is 0 Å². The van der Waals surface area contributed by atoms with Crippen LogP contribution in [0.25, 0.3) is 0 Å². The highest BCUT2D eigenvalue weighted by atomic mass is 79.9. The zero-order valence-corrected chi connectivity index (χ0v) is 10.6. The number of isocyanates is 1. The van der Waals surface area contributed by atoms with Gasteiger partial charge in [0.1, 0.15) is 11.4 Å². The number of rotatable bonds is 2. The van der Waals surface area contributed by atoms with Gasteiger partial charge in [-0.25, -0.2) is 9.18 Å². The molecule has 1 aliphatic rings. The van der Waals surface area contributed by atoms with Crippen LogP contribution in [-0.4, -0.2) is 6.08 Å². The van der Waals surface area contributed by atoms with E-state index < -0.39 is 11.4 Å². The SMILES string of the molecule is O=C=NC1(c2c(Cl)ccc(Br)c2F)CCC1. The normalized spacial score (nSPS) is 17.4. The lowest BCUT2D eigenvalue weighted by Crippen LogP contribution is -2.33. The molecule has 1 aliphatic carbocycles. The third-order valence-electron chi connectivity index (χ3n) is 2.95. The molecule has 0 N–H and O–H groups in total. The van der Waals surface area contributed by atoms with Gasteiger partial charge < -0.3 is 0 Å². The molecule has 0 aliphatic heterocycles. The Morgan fingerprint density at radius 3 is 2.69 bits per heavy atom. The highest BCUT2D eigenvalue weighted by molar-refractivity contribution is 9.10. The van der Waals surface area contributed by atoms with Crippen molar-refractivity contribution in [3.8, 4) is 0 Å². The number of carbonyl (C=O) groups excluding carboxylic acids is 1. The van der Waals surface area contributed by atoms with Crippen LogP contribution < -0.4 is 0 Å². The fraction of sp³-hybridized carbons (Fsp3) is 0.364. The average molecular weight is 305 g/mol. The quantitative estimate of drug-likeness (QED) is 0.462. The third kappa shape index (κ3) is 1.71. The summed E-state index contributed by atoms with van der Waals surface area (Å²) in [6, 6.07) is 3.14. The summed E-state index contributed by atoms with van der Waals surface area (Å²) in [4.78, 5) is 14.2. The lowest BCUT2D eigenvalue weighted by atomic mass is 9.72. The Morgan fingerprint density at radius 1 is 1.50 bits per heavy atom. The van der Waals surface area contributed by atoms with Crippen LogP contribution in [0.15, 0.2) is 21.6 Å². The van der Waals surface area contributed by atoms with Gasteiger partial charge in [0.15, 0.2) is 0 Å². The molecule has 1 aromatic rings. The maximum absolute atomic E-state index is 14.0. The van der Waals surface area contributed by atoms with Crippen LogP contribution in [0.5, 0.6) is 0 Å². The van der Waals surface area contributed by atoms with Crippen molar-refractivity contribution in [2.75, 3.05) is 0 Å². The second kappa shape index (κ2) is 4.28. The van der Waals surface area contributed by atoms with Gasteiger partial charge in [0.05, 0.1) is 4.47 Å². The molecule has 0 bridgehead atoms. The zero-order chi connectivity index (χ0) is 11.8. The Labute approximate surface area is 106 Å². The first kappa shape index (κ1) is 11.8. The summed E-state index contributed by atoms with van der Waals surface area (Å²) >= 11 is 9.09. The predicted molar refractivity (Wildman–Crippen MR) is 62.8 cm³/mol. The molecule has 0 atom stereocenters. The molecule has 0 unspecified atom stereocenters. The van der Waals surface area contributed by atoms with Crippen molar-refractivity contribution in [3.05, 3.63) is 33.0 Å². The molecule has 0 heterocycles. The van der Waals surface area contributed by atoms with Crippen molar-refractivity contribution in [1.82, 2.24) is 0 Å². The summed E-state index contributed by atoms with van der Waals surface area (Å²) < 4.78 is 14.3. The molecule has 1 aromatic carbocycles. The Balaban J connectivity index is 2.62. The zero-order valence-electron chi connectivity index (χ0n) is 8.27. The molecule has 84 valence electrons. The van der Waals surface area contributed by atoms with Crippen molar-refractivity contribution in [1.29, 1.82) is 0 Å². The van der Waals surface area contributed by atoms with Gasteiger partial charge >= 0.3 is 0 Å². The van der Waals surface area contributed by atoms with Gasteiger partial charge in [0.2, 0.25) is 6.08 Å². The average Bonchev–Trinajstić information content (AvgIpc) is 2.20. The number of aliphatic imine (C=N–C) groups is 1. The van der Waals surface area contributed by atoms with Crippen LogP contribution in [0.1, 0.15) is 24.8 Å². The molecule has 0 spiro atoms. The van der Waals surface area contributed by atoms with Gasteiger partial charge in [-0.15, -0.1) is 0 Å².